The quantitative estimate of drug-likeness (QED) is 0.244. The third-order valence-corrected chi connectivity index (χ3v) is 7.06. The van der Waals surface area contributed by atoms with Crippen molar-refractivity contribution in [2.24, 2.45) is 0 Å². The van der Waals surface area contributed by atoms with E-state index in [4.69, 9.17) is 16.3 Å². The number of amides is 1. The van der Waals surface area contributed by atoms with Crippen LogP contribution in [0, 0.1) is 25.2 Å². The molecule has 0 spiro atoms. The van der Waals surface area contributed by atoms with E-state index in [9.17, 15) is 28.0 Å². The molecule has 0 aliphatic heterocycles. The number of esters is 1. The number of ether oxygens (including phenoxy) is 1. The Morgan fingerprint density at radius 2 is 1.86 bits per heavy atom. The van der Waals surface area contributed by atoms with Gasteiger partial charge in [0.05, 0.1) is 10.6 Å². The number of carbonyl (C=O) groups excluding carboxylic acids is 2. The fourth-order valence-corrected chi connectivity index (χ4v) is 4.93. The fraction of sp³-hybridized carbons (Fsp3) is 0.444. The predicted octanol–water partition coefficient (Wildman–Crippen LogP) is 6.40. The molecule has 1 heterocycles. The number of carbonyl (C=O) groups is 2. The highest BCUT2D eigenvalue weighted by Crippen LogP contribution is 2.36. The van der Waals surface area contributed by atoms with Crippen LogP contribution >= 0.6 is 11.6 Å². The van der Waals surface area contributed by atoms with E-state index in [1.54, 1.807) is 42.5 Å². The standard InChI is InChI=1S/C27H29ClF3N3O3/c1-16-12-19(17(2)34(16)22-10-11-24(28)23(14-22)27(29,30)31)13-20(15-32)26(36)37-18(3)25(35)33(4)21-8-6-5-7-9-21/h10-14,18,21H,5-9H2,1-4H3/b20-13+/t18-/m0/s1. The molecule has 2 aromatic rings. The van der Waals surface area contributed by atoms with Gasteiger partial charge in [0, 0.05) is 30.2 Å². The molecule has 0 saturated heterocycles. The van der Waals surface area contributed by atoms with Gasteiger partial charge in [-0.15, -0.1) is 0 Å². The summed E-state index contributed by atoms with van der Waals surface area (Å²) in [5.74, 6) is -1.28. The molecule has 1 atom stereocenters. The molecule has 0 N–H and O–H groups in total. The van der Waals surface area contributed by atoms with Gasteiger partial charge in [0.1, 0.15) is 11.6 Å². The van der Waals surface area contributed by atoms with Crippen LogP contribution in [0.15, 0.2) is 29.8 Å². The lowest BCUT2D eigenvalue weighted by Gasteiger charge is -2.32. The molecule has 0 bridgehead atoms. The number of hydrogen-bond acceptors (Lipinski definition) is 4. The number of nitrogens with zero attached hydrogens (tertiary/aromatic N) is 3. The third-order valence-electron chi connectivity index (χ3n) is 6.73. The van der Waals surface area contributed by atoms with Gasteiger partial charge in [-0.2, -0.15) is 18.4 Å². The summed E-state index contributed by atoms with van der Waals surface area (Å²) in [6, 6.07) is 7.14. The highest BCUT2D eigenvalue weighted by Gasteiger charge is 2.34. The van der Waals surface area contributed by atoms with Gasteiger partial charge in [-0.05, 0) is 69.5 Å². The number of alkyl halides is 3. The van der Waals surface area contributed by atoms with E-state index in [-0.39, 0.29) is 23.2 Å². The van der Waals surface area contributed by atoms with Crippen LogP contribution in [-0.2, 0) is 20.5 Å². The minimum Gasteiger partial charge on any atom is -0.448 e. The van der Waals surface area contributed by atoms with E-state index in [2.05, 4.69) is 0 Å². The van der Waals surface area contributed by atoms with Gasteiger partial charge < -0.3 is 14.2 Å². The Morgan fingerprint density at radius 1 is 1.22 bits per heavy atom. The zero-order valence-electron chi connectivity index (χ0n) is 21.2. The number of aryl methyl sites for hydroxylation is 1. The van der Waals surface area contributed by atoms with Crippen molar-refractivity contribution < 1.29 is 27.5 Å². The summed E-state index contributed by atoms with van der Waals surface area (Å²) in [7, 11) is 1.69. The molecule has 198 valence electrons. The van der Waals surface area contributed by atoms with Gasteiger partial charge >= 0.3 is 12.1 Å². The Balaban J connectivity index is 1.83. The molecular weight excluding hydrogens is 507 g/mol. The Labute approximate surface area is 219 Å². The van der Waals surface area contributed by atoms with E-state index < -0.39 is 28.8 Å². The first-order valence-corrected chi connectivity index (χ1v) is 12.4. The van der Waals surface area contributed by atoms with Crippen molar-refractivity contribution in [3.63, 3.8) is 0 Å². The monoisotopic (exact) mass is 535 g/mol. The van der Waals surface area contributed by atoms with E-state index in [1.807, 2.05) is 0 Å². The summed E-state index contributed by atoms with van der Waals surface area (Å²) in [6.45, 7) is 4.82. The van der Waals surface area contributed by atoms with E-state index >= 15 is 0 Å². The fourth-order valence-electron chi connectivity index (χ4n) is 4.70. The Bertz CT molecular complexity index is 1250. The van der Waals surface area contributed by atoms with Crippen LogP contribution in [0.1, 0.15) is 61.5 Å². The van der Waals surface area contributed by atoms with Crippen molar-refractivity contribution in [3.8, 4) is 11.8 Å². The van der Waals surface area contributed by atoms with Crippen LogP contribution < -0.4 is 0 Å². The molecule has 0 unspecified atom stereocenters. The van der Waals surface area contributed by atoms with Crippen molar-refractivity contribution in [1.29, 1.82) is 5.26 Å². The maximum absolute atomic E-state index is 13.4. The second-order valence-electron chi connectivity index (χ2n) is 9.28. The summed E-state index contributed by atoms with van der Waals surface area (Å²) in [6.07, 6.45) is 0.652. The highest BCUT2D eigenvalue weighted by molar-refractivity contribution is 6.31. The van der Waals surface area contributed by atoms with E-state index in [0.29, 0.717) is 17.0 Å². The highest BCUT2D eigenvalue weighted by atomic mass is 35.5. The summed E-state index contributed by atoms with van der Waals surface area (Å²) in [4.78, 5) is 27.1. The van der Waals surface area contributed by atoms with Crippen LogP contribution in [0.5, 0.6) is 0 Å². The van der Waals surface area contributed by atoms with Crippen LogP contribution in [0.2, 0.25) is 5.02 Å². The molecule has 1 aromatic carbocycles. The van der Waals surface area contributed by atoms with Gasteiger partial charge in [-0.1, -0.05) is 30.9 Å². The molecule has 1 aliphatic rings. The zero-order chi connectivity index (χ0) is 27.5. The molecule has 6 nitrogen and oxygen atoms in total. The second-order valence-corrected chi connectivity index (χ2v) is 9.69. The number of halogens is 4. The van der Waals surface area contributed by atoms with E-state index in [0.717, 1.165) is 38.2 Å². The number of rotatable bonds is 6. The number of hydrogen-bond donors (Lipinski definition) is 0. The maximum atomic E-state index is 13.4. The molecular formula is C27H29ClF3N3O3. The van der Waals surface area contributed by atoms with Crippen molar-refractivity contribution in [1.82, 2.24) is 9.47 Å². The molecule has 1 aromatic heterocycles. The Kier molecular flexibility index (Phi) is 8.75. The van der Waals surface area contributed by atoms with Crippen molar-refractivity contribution >= 4 is 29.6 Å². The van der Waals surface area contributed by atoms with Crippen molar-refractivity contribution in [2.45, 2.75) is 71.2 Å². The van der Waals surface area contributed by atoms with Crippen LogP contribution in [0.3, 0.4) is 0 Å². The molecule has 0 radical (unpaired) electrons. The molecule has 1 aliphatic carbocycles. The molecule has 37 heavy (non-hydrogen) atoms. The number of benzene rings is 1. The van der Waals surface area contributed by atoms with Gasteiger partial charge in [-0.25, -0.2) is 4.79 Å². The molecule has 10 heteroatoms. The molecule has 1 fully saturated rings. The number of aromatic nitrogens is 1. The van der Waals surface area contributed by atoms with Gasteiger partial charge in [0.2, 0.25) is 0 Å². The lowest BCUT2D eigenvalue weighted by Crippen LogP contribution is -2.44. The topological polar surface area (TPSA) is 75.3 Å². The normalized spacial score (nSPS) is 15.7. The predicted molar refractivity (Wildman–Crippen MR) is 134 cm³/mol. The molecule has 1 saturated carbocycles. The first-order valence-electron chi connectivity index (χ1n) is 12.0. The van der Waals surface area contributed by atoms with Gasteiger partial charge in [0.15, 0.2) is 6.10 Å². The Hall–Kier alpha value is -3.25. The summed E-state index contributed by atoms with van der Waals surface area (Å²) in [5, 5.41) is 9.19. The van der Waals surface area contributed by atoms with Crippen molar-refractivity contribution in [2.75, 3.05) is 7.05 Å². The smallest absolute Gasteiger partial charge is 0.417 e. The van der Waals surface area contributed by atoms with Crippen LogP contribution in [0.4, 0.5) is 13.2 Å². The SMILES string of the molecule is Cc1cc(/C=C(\C#N)C(=O)O[C@@H](C)C(=O)N(C)C2CCCCC2)c(C)n1-c1ccc(Cl)c(C(F)(F)F)c1. The van der Waals surface area contributed by atoms with Crippen LogP contribution in [0.25, 0.3) is 11.8 Å². The zero-order valence-corrected chi connectivity index (χ0v) is 21.9. The van der Waals surface area contributed by atoms with Crippen LogP contribution in [-0.4, -0.2) is 40.5 Å². The Morgan fingerprint density at radius 3 is 2.46 bits per heavy atom. The first-order chi connectivity index (χ1) is 17.3. The average Bonchev–Trinajstić information content (AvgIpc) is 3.14. The van der Waals surface area contributed by atoms with Crippen molar-refractivity contribution in [3.05, 3.63) is 57.4 Å². The summed E-state index contributed by atoms with van der Waals surface area (Å²) >= 11 is 5.75. The lowest BCUT2D eigenvalue weighted by atomic mass is 9.94. The molecule has 3 rings (SSSR count). The maximum Gasteiger partial charge on any atom is 0.417 e. The first kappa shape index (κ1) is 28.3. The van der Waals surface area contributed by atoms with Gasteiger partial charge in [0.25, 0.3) is 5.91 Å². The lowest BCUT2D eigenvalue weighted by molar-refractivity contribution is -0.156. The van der Waals surface area contributed by atoms with E-state index in [1.165, 1.54) is 25.1 Å². The third kappa shape index (κ3) is 6.37. The summed E-state index contributed by atoms with van der Waals surface area (Å²) in [5.41, 5.74) is 0.490. The second kappa shape index (κ2) is 11.4. The minimum absolute atomic E-state index is 0.101. The summed E-state index contributed by atoms with van der Waals surface area (Å²) < 4.78 is 47.0. The number of likely N-dealkylation sites (N-methyl/N-ethyl adjacent to an activating group) is 1. The minimum atomic E-state index is -4.62. The van der Waals surface area contributed by atoms with Gasteiger partial charge in [-0.3, -0.25) is 4.79 Å². The molecule has 1 amide bonds. The average molecular weight is 536 g/mol. The number of nitriles is 1. The largest absolute Gasteiger partial charge is 0.448 e.